The summed E-state index contributed by atoms with van der Waals surface area (Å²) in [6.07, 6.45) is 3.45. The van der Waals surface area contributed by atoms with E-state index in [4.69, 9.17) is 0 Å². The normalized spacial score (nSPS) is 26.7. The van der Waals surface area contributed by atoms with Gasteiger partial charge in [0, 0.05) is 23.1 Å². The summed E-state index contributed by atoms with van der Waals surface area (Å²) < 4.78 is 0. The summed E-state index contributed by atoms with van der Waals surface area (Å²) in [5.74, 6) is -0.576. The van der Waals surface area contributed by atoms with Crippen LogP contribution < -0.4 is 0 Å². The quantitative estimate of drug-likeness (QED) is 0.750. The maximum atomic E-state index is 13.0. The molecule has 1 fully saturated rings. The van der Waals surface area contributed by atoms with E-state index in [0.717, 1.165) is 29.6 Å². The topological polar surface area (TPSA) is 76.6 Å². The van der Waals surface area contributed by atoms with E-state index < -0.39 is 5.92 Å². The number of hydrogen-bond acceptors (Lipinski definition) is 3. The Hall–Kier alpha value is -2.11. The van der Waals surface area contributed by atoms with Gasteiger partial charge in [-0.3, -0.25) is 4.79 Å². The predicted octanol–water partition coefficient (Wildman–Crippen LogP) is 2.16. The summed E-state index contributed by atoms with van der Waals surface area (Å²) in [6, 6.07) is 8.25. The number of aliphatic hydroxyl groups excluding tert-OH is 2. The van der Waals surface area contributed by atoms with Crippen LogP contribution in [-0.2, 0) is 11.2 Å². The number of hydrogen-bond donors (Lipinski definition) is 3. The van der Waals surface area contributed by atoms with E-state index in [1.165, 1.54) is 10.9 Å². The Kier molecular flexibility index (Phi) is 4.13. The lowest BCUT2D eigenvalue weighted by Crippen LogP contribution is -2.51. The number of H-pyrrole nitrogens is 1. The minimum absolute atomic E-state index is 0.000793. The summed E-state index contributed by atoms with van der Waals surface area (Å²) in [7, 11) is 0. The second-order valence-corrected chi connectivity index (χ2v) is 7.01. The number of nitrogens with one attached hydrogen (secondary N) is 1. The number of aliphatic hydroxyl groups is 2. The van der Waals surface area contributed by atoms with Crippen molar-refractivity contribution in [1.82, 2.24) is 9.88 Å². The van der Waals surface area contributed by atoms with Gasteiger partial charge in [-0.1, -0.05) is 24.3 Å². The van der Waals surface area contributed by atoms with E-state index in [1.807, 2.05) is 30.0 Å². The van der Waals surface area contributed by atoms with Gasteiger partial charge in [0.1, 0.15) is 0 Å². The molecule has 2 aliphatic rings. The predicted molar refractivity (Wildman–Crippen MR) is 96.0 cm³/mol. The molecule has 1 amide bonds. The maximum Gasteiger partial charge on any atom is 0.229 e. The summed E-state index contributed by atoms with van der Waals surface area (Å²) in [4.78, 5) is 18.4. The SMILES string of the molecule is CC=C(CO)C1CC2c3[nH]c4ccccc4c3CCN2C(=O)C1CO. The molecule has 3 atom stereocenters. The molecule has 3 unspecified atom stereocenters. The zero-order valence-electron chi connectivity index (χ0n) is 14.4. The van der Waals surface area contributed by atoms with Crippen molar-refractivity contribution in [2.75, 3.05) is 19.8 Å². The van der Waals surface area contributed by atoms with E-state index in [1.54, 1.807) is 0 Å². The summed E-state index contributed by atoms with van der Waals surface area (Å²) in [6.45, 7) is 2.32. The highest BCUT2D eigenvalue weighted by atomic mass is 16.3. The summed E-state index contributed by atoms with van der Waals surface area (Å²) in [5.41, 5.74) is 4.37. The number of carbonyl (C=O) groups excluding carboxylic acids is 1. The van der Waals surface area contributed by atoms with Gasteiger partial charge < -0.3 is 20.1 Å². The lowest BCUT2D eigenvalue weighted by atomic mass is 9.74. The van der Waals surface area contributed by atoms with Gasteiger partial charge in [0.25, 0.3) is 0 Å². The van der Waals surface area contributed by atoms with Crippen LogP contribution in [0.3, 0.4) is 0 Å². The molecule has 2 aromatic rings. The van der Waals surface area contributed by atoms with Gasteiger partial charge in [-0.25, -0.2) is 0 Å². The van der Waals surface area contributed by atoms with Crippen molar-refractivity contribution >= 4 is 16.8 Å². The third-order valence-corrected chi connectivity index (χ3v) is 5.95. The highest BCUT2D eigenvalue weighted by Gasteiger charge is 2.45. The van der Waals surface area contributed by atoms with Crippen LogP contribution in [0.25, 0.3) is 10.9 Å². The Bertz CT molecular complexity index is 839. The number of fused-ring (bicyclic) bond motifs is 5. The molecule has 0 spiro atoms. The van der Waals surface area contributed by atoms with Crippen LogP contribution in [0.1, 0.15) is 30.6 Å². The van der Waals surface area contributed by atoms with Gasteiger partial charge >= 0.3 is 0 Å². The second kappa shape index (κ2) is 6.32. The molecule has 1 aromatic carbocycles. The number of carbonyl (C=O) groups is 1. The smallest absolute Gasteiger partial charge is 0.229 e. The van der Waals surface area contributed by atoms with Crippen molar-refractivity contribution < 1.29 is 15.0 Å². The third-order valence-electron chi connectivity index (χ3n) is 5.95. The van der Waals surface area contributed by atoms with E-state index in [0.29, 0.717) is 6.54 Å². The summed E-state index contributed by atoms with van der Waals surface area (Å²) >= 11 is 0. The Morgan fingerprint density at radius 2 is 2.16 bits per heavy atom. The molecular formula is C20H24N2O3. The monoisotopic (exact) mass is 340 g/mol. The molecule has 3 N–H and O–H groups in total. The number of amides is 1. The lowest BCUT2D eigenvalue weighted by Gasteiger charge is -2.46. The molecule has 0 bridgehead atoms. The fraction of sp³-hybridized carbons (Fsp3) is 0.450. The van der Waals surface area contributed by atoms with Gasteiger partial charge in [0.2, 0.25) is 5.91 Å². The number of aromatic nitrogens is 1. The minimum atomic E-state index is -0.458. The van der Waals surface area contributed by atoms with E-state index >= 15 is 0 Å². The fourth-order valence-electron chi connectivity index (χ4n) is 4.66. The van der Waals surface area contributed by atoms with Crippen LogP contribution >= 0.6 is 0 Å². The molecule has 0 radical (unpaired) electrons. The molecule has 0 saturated carbocycles. The zero-order valence-corrected chi connectivity index (χ0v) is 14.4. The number of benzene rings is 1. The highest BCUT2D eigenvalue weighted by Crippen LogP contribution is 2.45. The number of allylic oxidation sites excluding steroid dienone is 1. The minimum Gasteiger partial charge on any atom is -0.396 e. The van der Waals surface area contributed by atoms with Crippen LogP contribution in [0.4, 0.5) is 0 Å². The molecule has 1 saturated heterocycles. The van der Waals surface area contributed by atoms with Gasteiger partial charge in [-0.15, -0.1) is 0 Å². The Labute approximate surface area is 147 Å². The van der Waals surface area contributed by atoms with Crippen molar-refractivity contribution in [1.29, 1.82) is 0 Å². The van der Waals surface area contributed by atoms with E-state index in [9.17, 15) is 15.0 Å². The van der Waals surface area contributed by atoms with Crippen molar-refractivity contribution in [3.05, 3.63) is 47.2 Å². The lowest BCUT2D eigenvalue weighted by molar-refractivity contribution is -0.147. The van der Waals surface area contributed by atoms with Crippen molar-refractivity contribution in [3.8, 4) is 0 Å². The first-order chi connectivity index (χ1) is 12.2. The van der Waals surface area contributed by atoms with Crippen LogP contribution in [-0.4, -0.2) is 45.8 Å². The van der Waals surface area contributed by atoms with Gasteiger partial charge in [-0.2, -0.15) is 0 Å². The second-order valence-electron chi connectivity index (χ2n) is 7.01. The molecule has 4 rings (SSSR count). The molecule has 3 heterocycles. The average Bonchev–Trinajstić information content (AvgIpc) is 3.02. The fourth-order valence-corrected chi connectivity index (χ4v) is 4.66. The Morgan fingerprint density at radius 3 is 2.88 bits per heavy atom. The first-order valence-corrected chi connectivity index (χ1v) is 8.96. The molecule has 5 nitrogen and oxygen atoms in total. The van der Waals surface area contributed by atoms with Crippen LogP contribution in [0.5, 0.6) is 0 Å². The Morgan fingerprint density at radius 1 is 1.36 bits per heavy atom. The standard InChI is InChI=1S/C20H24N2O3/c1-2-12(10-23)15-9-18-19-14(13-5-3-4-6-17(13)21-19)7-8-22(18)20(25)16(15)11-24/h2-6,15-16,18,21,23-24H,7-11H2,1H3. The molecule has 25 heavy (non-hydrogen) atoms. The average molecular weight is 340 g/mol. The summed E-state index contributed by atoms with van der Waals surface area (Å²) in [5, 5.41) is 20.7. The van der Waals surface area contributed by atoms with Crippen molar-refractivity contribution in [3.63, 3.8) is 0 Å². The van der Waals surface area contributed by atoms with Crippen LogP contribution in [0.15, 0.2) is 35.9 Å². The van der Waals surface area contributed by atoms with Gasteiger partial charge in [0.05, 0.1) is 25.2 Å². The molecule has 1 aromatic heterocycles. The largest absolute Gasteiger partial charge is 0.396 e. The number of para-hydroxylation sites is 1. The molecule has 5 heteroatoms. The maximum absolute atomic E-state index is 13.0. The molecular weight excluding hydrogens is 316 g/mol. The molecule has 2 aliphatic heterocycles. The zero-order chi connectivity index (χ0) is 17.6. The molecule has 132 valence electrons. The molecule has 0 aliphatic carbocycles. The first-order valence-electron chi connectivity index (χ1n) is 8.96. The van der Waals surface area contributed by atoms with E-state index in [2.05, 4.69) is 17.1 Å². The van der Waals surface area contributed by atoms with Crippen molar-refractivity contribution in [2.45, 2.75) is 25.8 Å². The number of aromatic amines is 1. The third kappa shape index (κ3) is 2.41. The van der Waals surface area contributed by atoms with E-state index in [-0.39, 0.29) is 31.1 Å². The number of piperidine rings is 1. The van der Waals surface area contributed by atoms with Crippen LogP contribution in [0, 0.1) is 11.8 Å². The van der Waals surface area contributed by atoms with Crippen LogP contribution in [0.2, 0.25) is 0 Å². The Balaban J connectivity index is 1.79. The van der Waals surface area contributed by atoms with Gasteiger partial charge in [0.15, 0.2) is 0 Å². The first kappa shape index (κ1) is 16.4. The van der Waals surface area contributed by atoms with Crippen molar-refractivity contribution in [2.24, 2.45) is 11.8 Å². The van der Waals surface area contributed by atoms with Gasteiger partial charge in [-0.05, 0) is 42.9 Å². The number of rotatable bonds is 3. The highest BCUT2D eigenvalue weighted by molar-refractivity contribution is 5.87. The number of nitrogens with zero attached hydrogens (tertiary/aromatic N) is 1.